The second kappa shape index (κ2) is 6.99. The van der Waals surface area contributed by atoms with Gasteiger partial charge < -0.3 is 10.2 Å². The molecule has 3 aromatic rings. The molecule has 0 aliphatic carbocycles. The van der Waals surface area contributed by atoms with E-state index in [4.69, 9.17) is 0 Å². The number of aromatic nitrogens is 3. The molecule has 1 N–H and O–H groups in total. The fourth-order valence-electron chi connectivity index (χ4n) is 3.31. The van der Waals surface area contributed by atoms with Gasteiger partial charge in [0.25, 0.3) is 0 Å². The first kappa shape index (κ1) is 16.9. The number of hydrogen-bond acceptors (Lipinski definition) is 7. The Morgan fingerprint density at radius 3 is 2.85 bits per heavy atom. The van der Waals surface area contributed by atoms with Gasteiger partial charge in [-0.1, -0.05) is 18.2 Å². The van der Waals surface area contributed by atoms with Crippen LogP contribution < -0.4 is 10.2 Å². The van der Waals surface area contributed by atoms with E-state index >= 15 is 0 Å². The minimum absolute atomic E-state index is 0.131. The number of benzene rings is 1. The molecule has 136 valence electrons. The first-order chi connectivity index (χ1) is 13.1. The van der Waals surface area contributed by atoms with Gasteiger partial charge in [-0.15, -0.1) is 0 Å². The van der Waals surface area contributed by atoms with Gasteiger partial charge in [0, 0.05) is 18.4 Å². The molecule has 0 amide bonds. The average Bonchev–Trinajstić information content (AvgIpc) is 2.67. The molecule has 0 saturated carbocycles. The van der Waals surface area contributed by atoms with Crippen LogP contribution in [0.3, 0.4) is 0 Å². The summed E-state index contributed by atoms with van der Waals surface area (Å²) in [5, 5.41) is 14.9. The Hall–Kier alpha value is -3.55. The zero-order valence-corrected chi connectivity index (χ0v) is 14.8. The molecule has 0 radical (unpaired) electrons. The number of para-hydroxylation sites is 1. The third-order valence-electron chi connectivity index (χ3n) is 4.51. The maximum absolute atomic E-state index is 11.9. The average molecular weight is 362 g/mol. The molecule has 1 aromatic carbocycles. The summed E-state index contributed by atoms with van der Waals surface area (Å²) in [5.74, 6) is 0.922. The lowest BCUT2D eigenvalue weighted by Gasteiger charge is -2.30. The molecule has 4 rings (SSSR count). The standard InChI is InChI=1S/C19H18N6O2/c1-13-8-9-20-16(11-13)23-18-17(25(26)27)19(22-12-21-18)24-10-4-6-14-5-2-3-7-15(14)24/h2-3,5,7-9,11-12H,4,6,10H2,1H3,(H,20,21,22,23). The van der Waals surface area contributed by atoms with E-state index in [-0.39, 0.29) is 17.3 Å². The van der Waals surface area contributed by atoms with Crippen molar-refractivity contribution in [1.29, 1.82) is 0 Å². The third-order valence-corrected chi connectivity index (χ3v) is 4.51. The molecule has 0 bridgehead atoms. The topological polar surface area (TPSA) is 97.1 Å². The van der Waals surface area contributed by atoms with Gasteiger partial charge in [0.15, 0.2) is 0 Å². The number of nitrogens with zero attached hydrogens (tertiary/aromatic N) is 5. The molecule has 27 heavy (non-hydrogen) atoms. The highest BCUT2D eigenvalue weighted by atomic mass is 16.6. The van der Waals surface area contributed by atoms with Crippen LogP contribution in [0, 0.1) is 17.0 Å². The maximum Gasteiger partial charge on any atom is 0.354 e. The molecule has 0 saturated heterocycles. The van der Waals surface area contributed by atoms with Crippen LogP contribution in [0.4, 0.5) is 28.8 Å². The largest absolute Gasteiger partial charge is 0.354 e. The summed E-state index contributed by atoms with van der Waals surface area (Å²) in [5.41, 5.74) is 2.95. The molecule has 8 nitrogen and oxygen atoms in total. The number of pyridine rings is 1. The van der Waals surface area contributed by atoms with Crippen molar-refractivity contribution in [2.24, 2.45) is 0 Å². The predicted octanol–water partition coefficient (Wildman–Crippen LogP) is 3.92. The monoisotopic (exact) mass is 362 g/mol. The molecule has 0 atom stereocenters. The van der Waals surface area contributed by atoms with Crippen molar-refractivity contribution < 1.29 is 4.92 Å². The summed E-state index contributed by atoms with van der Waals surface area (Å²) < 4.78 is 0. The van der Waals surface area contributed by atoms with Crippen LogP contribution in [0.25, 0.3) is 0 Å². The quantitative estimate of drug-likeness (QED) is 0.555. The zero-order chi connectivity index (χ0) is 18.8. The number of nitro groups is 1. The SMILES string of the molecule is Cc1ccnc(Nc2ncnc(N3CCCc4ccccc43)c2[N+](=O)[O-])c1. The Morgan fingerprint density at radius 2 is 2.04 bits per heavy atom. The minimum Gasteiger partial charge on any atom is -0.320 e. The summed E-state index contributed by atoms with van der Waals surface area (Å²) >= 11 is 0. The van der Waals surface area contributed by atoms with E-state index in [1.807, 2.05) is 48.2 Å². The van der Waals surface area contributed by atoms with E-state index in [0.717, 1.165) is 29.7 Å². The van der Waals surface area contributed by atoms with E-state index < -0.39 is 4.92 Å². The van der Waals surface area contributed by atoms with Crippen LogP contribution in [0.15, 0.2) is 48.9 Å². The second-order valence-electron chi connectivity index (χ2n) is 6.38. The van der Waals surface area contributed by atoms with Gasteiger partial charge >= 0.3 is 5.69 Å². The summed E-state index contributed by atoms with van der Waals surface area (Å²) in [4.78, 5) is 25.9. The minimum atomic E-state index is -0.440. The maximum atomic E-state index is 11.9. The number of rotatable bonds is 4. The summed E-state index contributed by atoms with van der Waals surface area (Å²) in [7, 11) is 0. The Labute approximate surface area is 156 Å². The highest BCUT2D eigenvalue weighted by molar-refractivity contribution is 5.79. The smallest absolute Gasteiger partial charge is 0.320 e. The van der Waals surface area contributed by atoms with Gasteiger partial charge in [-0.05, 0) is 49.1 Å². The molecule has 0 fully saturated rings. The van der Waals surface area contributed by atoms with Crippen LogP contribution in [-0.4, -0.2) is 26.4 Å². The summed E-state index contributed by atoms with van der Waals surface area (Å²) in [6.07, 6.45) is 4.84. The Morgan fingerprint density at radius 1 is 1.19 bits per heavy atom. The predicted molar refractivity (Wildman–Crippen MR) is 103 cm³/mol. The number of hydrogen-bond donors (Lipinski definition) is 1. The van der Waals surface area contributed by atoms with Crippen molar-refractivity contribution in [3.05, 3.63) is 70.2 Å². The highest BCUT2D eigenvalue weighted by Gasteiger charge is 2.30. The van der Waals surface area contributed by atoms with Crippen LogP contribution >= 0.6 is 0 Å². The van der Waals surface area contributed by atoms with Gasteiger partial charge in [-0.2, -0.15) is 0 Å². The van der Waals surface area contributed by atoms with E-state index in [1.165, 1.54) is 6.33 Å². The Kier molecular flexibility index (Phi) is 4.37. The van der Waals surface area contributed by atoms with Crippen LogP contribution in [0.2, 0.25) is 0 Å². The molecule has 8 heteroatoms. The molecule has 3 heterocycles. The van der Waals surface area contributed by atoms with Crippen molar-refractivity contribution in [3.8, 4) is 0 Å². The van der Waals surface area contributed by atoms with Crippen LogP contribution in [0.1, 0.15) is 17.5 Å². The van der Waals surface area contributed by atoms with E-state index in [0.29, 0.717) is 12.4 Å². The zero-order valence-electron chi connectivity index (χ0n) is 14.8. The molecule has 0 unspecified atom stereocenters. The van der Waals surface area contributed by atoms with E-state index in [2.05, 4.69) is 20.3 Å². The number of fused-ring (bicyclic) bond motifs is 1. The van der Waals surface area contributed by atoms with Gasteiger partial charge in [0.1, 0.15) is 12.1 Å². The van der Waals surface area contributed by atoms with Crippen molar-refractivity contribution in [2.75, 3.05) is 16.8 Å². The number of aryl methyl sites for hydroxylation is 2. The third kappa shape index (κ3) is 3.29. The van der Waals surface area contributed by atoms with Crippen molar-refractivity contribution in [2.45, 2.75) is 19.8 Å². The second-order valence-corrected chi connectivity index (χ2v) is 6.38. The Balaban J connectivity index is 1.80. The van der Waals surface area contributed by atoms with Gasteiger partial charge in [-0.3, -0.25) is 10.1 Å². The van der Waals surface area contributed by atoms with Crippen LogP contribution in [-0.2, 0) is 6.42 Å². The first-order valence-corrected chi connectivity index (χ1v) is 8.68. The van der Waals surface area contributed by atoms with Gasteiger partial charge in [-0.25, -0.2) is 15.0 Å². The molecular formula is C19H18N6O2. The van der Waals surface area contributed by atoms with Crippen molar-refractivity contribution in [1.82, 2.24) is 15.0 Å². The van der Waals surface area contributed by atoms with E-state index in [1.54, 1.807) is 6.20 Å². The fraction of sp³-hybridized carbons (Fsp3) is 0.211. The first-order valence-electron chi connectivity index (χ1n) is 8.68. The van der Waals surface area contributed by atoms with Gasteiger partial charge in [0.2, 0.25) is 11.6 Å². The molecule has 0 spiro atoms. The molecule has 1 aliphatic heterocycles. The summed E-state index contributed by atoms with van der Waals surface area (Å²) in [6.45, 7) is 2.59. The number of nitrogens with one attached hydrogen (secondary N) is 1. The lowest BCUT2D eigenvalue weighted by Crippen LogP contribution is -2.26. The van der Waals surface area contributed by atoms with Gasteiger partial charge in [0.05, 0.1) is 4.92 Å². The fourth-order valence-corrected chi connectivity index (χ4v) is 3.31. The number of anilines is 4. The lowest BCUT2D eigenvalue weighted by molar-refractivity contribution is -0.383. The normalized spacial score (nSPS) is 13.1. The van der Waals surface area contributed by atoms with Crippen LogP contribution in [0.5, 0.6) is 0 Å². The summed E-state index contributed by atoms with van der Waals surface area (Å²) in [6, 6.07) is 11.6. The molecule has 2 aromatic heterocycles. The molecular weight excluding hydrogens is 344 g/mol. The van der Waals surface area contributed by atoms with Crippen molar-refractivity contribution in [3.63, 3.8) is 0 Å². The molecule has 1 aliphatic rings. The highest BCUT2D eigenvalue weighted by Crippen LogP contribution is 2.39. The lowest BCUT2D eigenvalue weighted by atomic mass is 10.0. The van der Waals surface area contributed by atoms with Crippen molar-refractivity contribution >= 4 is 28.8 Å². The van der Waals surface area contributed by atoms with E-state index in [9.17, 15) is 10.1 Å². The Bertz CT molecular complexity index is 1010.